The van der Waals surface area contributed by atoms with E-state index in [4.69, 9.17) is 4.74 Å². The minimum absolute atomic E-state index is 0.681. The first-order valence-corrected chi connectivity index (χ1v) is 3.00. The Morgan fingerprint density at radius 3 is 3.00 bits per heavy atom. The van der Waals surface area contributed by atoms with Crippen LogP contribution < -0.4 is 0 Å². The van der Waals surface area contributed by atoms with Crippen molar-refractivity contribution in [2.24, 2.45) is 0 Å². The van der Waals surface area contributed by atoms with E-state index in [-0.39, 0.29) is 0 Å². The van der Waals surface area contributed by atoms with Crippen molar-refractivity contribution < 1.29 is 4.74 Å². The molecule has 0 bridgehead atoms. The predicted octanol–water partition coefficient (Wildman–Crippen LogP) is 0.285. The average molecular weight is 123 g/mol. The lowest BCUT2D eigenvalue weighted by Crippen LogP contribution is -2.24. The third-order valence-electron chi connectivity index (χ3n) is 1.18. The van der Waals surface area contributed by atoms with E-state index in [1.165, 1.54) is 0 Å². The van der Waals surface area contributed by atoms with Gasteiger partial charge in [-0.15, -0.1) is 0 Å². The average Bonchev–Trinajstić information content (AvgIpc) is 1.91. The Kier molecular flexibility index (Phi) is 2.39. The Labute approximate surface area is 56.1 Å². The second-order valence-electron chi connectivity index (χ2n) is 1.96. The molecule has 0 saturated heterocycles. The number of nitrogens with zero attached hydrogens (tertiary/aromatic N) is 1. The molecule has 0 amide bonds. The number of hydrogen-bond acceptors (Lipinski definition) is 2. The number of hydrogen-bond donors (Lipinski definition) is 0. The molecule has 0 aromatic heterocycles. The summed E-state index contributed by atoms with van der Waals surface area (Å²) in [5, 5.41) is 0. The largest absolute Gasteiger partial charge is 0.399 e. The fourth-order valence-electron chi connectivity index (χ4n) is 0.769. The molecular weight excluding hydrogens is 113 g/mol. The van der Waals surface area contributed by atoms with Crippen molar-refractivity contribution in [1.29, 1.82) is 0 Å². The molecule has 0 radical (unpaired) electrons. The van der Waals surface area contributed by atoms with Crippen LogP contribution in [0.3, 0.4) is 0 Å². The van der Waals surface area contributed by atoms with Gasteiger partial charge in [-0.05, 0) is 12.3 Å². The Morgan fingerprint density at radius 1 is 1.56 bits per heavy atom. The van der Waals surface area contributed by atoms with Crippen LogP contribution in [0.5, 0.6) is 0 Å². The van der Waals surface area contributed by atoms with Crippen LogP contribution in [0.25, 0.3) is 0 Å². The molecule has 1 rings (SSSR count). The van der Waals surface area contributed by atoms with E-state index >= 15 is 0 Å². The molecule has 0 unspecified atom stereocenters. The number of rotatable bonds is 2. The molecule has 0 aliphatic carbocycles. The highest BCUT2D eigenvalue weighted by Crippen LogP contribution is 1.94. The molecule has 0 spiro atoms. The SMILES string of the molecule is COCN1BC=CC=C1. The van der Waals surface area contributed by atoms with E-state index < -0.39 is 0 Å². The maximum atomic E-state index is 4.92. The van der Waals surface area contributed by atoms with Crippen LogP contribution in [-0.4, -0.2) is 26.1 Å². The van der Waals surface area contributed by atoms with E-state index in [9.17, 15) is 0 Å². The molecule has 3 heteroatoms. The first-order valence-electron chi connectivity index (χ1n) is 3.00. The van der Waals surface area contributed by atoms with Crippen LogP contribution in [0.4, 0.5) is 0 Å². The molecule has 1 aliphatic heterocycles. The summed E-state index contributed by atoms with van der Waals surface area (Å²) >= 11 is 0. The maximum Gasteiger partial charge on any atom is 0.264 e. The molecule has 0 saturated carbocycles. The standard InChI is InChI=1S/C6H10BNO/c1-9-6-8-5-3-2-4-7-8/h2-5,7H,6H2,1H3. The highest BCUT2D eigenvalue weighted by atomic mass is 16.5. The molecule has 0 aromatic carbocycles. The predicted molar refractivity (Wildman–Crippen MR) is 39.1 cm³/mol. The molecule has 9 heavy (non-hydrogen) atoms. The van der Waals surface area contributed by atoms with Crippen LogP contribution >= 0.6 is 0 Å². The Bertz CT molecular complexity index is 133. The van der Waals surface area contributed by atoms with Crippen LogP contribution in [0, 0.1) is 0 Å². The van der Waals surface area contributed by atoms with Gasteiger partial charge in [0.2, 0.25) is 0 Å². The summed E-state index contributed by atoms with van der Waals surface area (Å²) in [6.45, 7) is 0.681. The Balaban J connectivity index is 2.28. The summed E-state index contributed by atoms with van der Waals surface area (Å²) in [6, 6.07) is 0. The fraction of sp³-hybridized carbons (Fsp3) is 0.333. The van der Waals surface area contributed by atoms with E-state index in [1.54, 1.807) is 7.11 Å². The van der Waals surface area contributed by atoms with E-state index in [1.807, 2.05) is 18.4 Å². The van der Waals surface area contributed by atoms with Crippen molar-refractivity contribution in [2.75, 3.05) is 13.8 Å². The minimum atomic E-state index is 0.681. The maximum absolute atomic E-state index is 4.92. The minimum Gasteiger partial charge on any atom is -0.399 e. The molecule has 1 aliphatic rings. The Hall–Kier alpha value is -0.695. The molecule has 2 nitrogen and oxygen atoms in total. The summed E-state index contributed by atoms with van der Waals surface area (Å²) in [5.74, 6) is 2.10. The third kappa shape index (κ3) is 1.94. The number of allylic oxidation sites excluding steroid dienone is 2. The van der Waals surface area contributed by atoms with Gasteiger partial charge in [-0.25, -0.2) is 0 Å². The van der Waals surface area contributed by atoms with Crippen molar-refractivity contribution >= 4 is 7.41 Å². The van der Waals surface area contributed by atoms with Gasteiger partial charge in [0.1, 0.15) is 6.73 Å². The second kappa shape index (κ2) is 3.35. The van der Waals surface area contributed by atoms with Gasteiger partial charge in [0.05, 0.1) is 0 Å². The van der Waals surface area contributed by atoms with Crippen LogP contribution in [0.2, 0.25) is 0 Å². The molecule has 0 N–H and O–H groups in total. The van der Waals surface area contributed by atoms with Crippen molar-refractivity contribution in [3.8, 4) is 0 Å². The van der Waals surface area contributed by atoms with Gasteiger partial charge in [0.15, 0.2) is 0 Å². The quantitative estimate of drug-likeness (QED) is 0.489. The molecule has 48 valence electrons. The zero-order chi connectivity index (χ0) is 6.53. The first-order chi connectivity index (χ1) is 4.43. The van der Waals surface area contributed by atoms with E-state index in [2.05, 4.69) is 10.8 Å². The van der Waals surface area contributed by atoms with Crippen LogP contribution in [0.1, 0.15) is 0 Å². The highest BCUT2D eigenvalue weighted by Gasteiger charge is 1.97. The summed E-state index contributed by atoms with van der Waals surface area (Å²) < 4.78 is 4.92. The third-order valence-corrected chi connectivity index (χ3v) is 1.18. The van der Waals surface area contributed by atoms with Crippen molar-refractivity contribution in [3.05, 3.63) is 24.3 Å². The zero-order valence-corrected chi connectivity index (χ0v) is 5.58. The Morgan fingerprint density at radius 2 is 2.44 bits per heavy atom. The molecule has 0 fully saturated rings. The smallest absolute Gasteiger partial charge is 0.264 e. The summed E-state index contributed by atoms with van der Waals surface area (Å²) in [6.07, 6.45) is 6.05. The van der Waals surface area contributed by atoms with Crippen molar-refractivity contribution in [1.82, 2.24) is 4.81 Å². The van der Waals surface area contributed by atoms with Crippen LogP contribution in [-0.2, 0) is 4.74 Å². The monoisotopic (exact) mass is 123 g/mol. The molecule has 0 atom stereocenters. The van der Waals surface area contributed by atoms with Crippen molar-refractivity contribution in [3.63, 3.8) is 0 Å². The fourth-order valence-corrected chi connectivity index (χ4v) is 0.769. The lowest BCUT2D eigenvalue weighted by molar-refractivity contribution is 0.140. The van der Waals surface area contributed by atoms with Crippen LogP contribution in [0.15, 0.2) is 24.3 Å². The van der Waals surface area contributed by atoms with Gasteiger partial charge in [-0.2, -0.15) is 0 Å². The lowest BCUT2D eigenvalue weighted by Gasteiger charge is -2.17. The lowest BCUT2D eigenvalue weighted by atomic mass is 9.90. The number of ether oxygens (including phenoxy) is 1. The molecule has 0 aromatic rings. The summed E-state index contributed by atoms with van der Waals surface area (Å²) in [4.78, 5) is 2.08. The highest BCUT2D eigenvalue weighted by molar-refractivity contribution is 6.39. The summed E-state index contributed by atoms with van der Waals surface area (Å²) in [7, 11) is 2.66. The topological polar surface area (TPSA) is 12.5 Å². The van der Waals surface area contributed by atoms with Gasteiger partial charge in [0.25, 0.3) is 7.41 Å². The zero-order valence-electron chi connectivity index (χ0n) is 5.58. The van der Waals surface area contributed by atoms with Gasteiger partial charge in [0, 0.05) is 7.11 Å². The first kappa shape index (κ1) is 6.43. The van der Waals surface area contributed by atoms with Gasteiger partial charge in [-0.1, -0.05) is 12.1 Å². The van der Waals surface area contributed by atoms with Gasteiger partial charge in [-0.3, -0.25) is 0 Å². The van der Waals surface area contributed by atoms with E-state index in [0.29, 0.717) is 6.73 Å². The van der Waals surface area contributed by atoms with E-state index in [0.717, 1.165) is 7.41 Å². The second-order valence-corrected chi connectivity index (χ2v) is 1.96. The normalized spacial score (nSPS) is 15.9. The molecule has 1 heterocycles. The van der Waals surface area contributed by atoms with Gasteiger partial charge < -0.3 is 9.55 Å². The molecular formula is C6H10BNO. The van der Waals surface area contributed by atoms with Crippen molar-refractivity contribution in [2.45, 2.75) is 0 Å². The van der Waals surface area contributed by atoms with Gasteiger partial charge >= 0.3 is 0 Å². The summed E-state index contributed by atoms with van der Waals surface area (Å²) in [5.41, 5.74) is 0. The number of methoxy groups -OCH3 is 1.